The van der Waals surface area contributed by atoms with Crippen LogP contribution >= 0.6 is 11.6 Å². The Morgan fingerprint density at radius 3 is 2.81 bits per heavy atom. The molecule has 0 radical (unpaired) electrons. The Balaban J connectivity index is 1.56. The molecule has 0 aliphatic heterocycles. The van der Waals surface area contributed by atoms with Crippen LogP contribution in [0.15, 0.2) is 66.9 Å². The van der Waals surface area contributed by atoms with E-state index in [1.54, 1.807) is 12.3 Å². The standard InChI is InChI=1S/C26H21ClN2O3/c27-22-13-16(17-5-3-6-20-18(17)10-11-29-26(20)28)12-21-19(22)8-9-24(21)32-23-7-2-1-4-15(23)14-25(30)31/h1-7,10-13,24H,8-9,14H2,(H2,28,29)(H,30,31). The number of para-hydroxylation sites is 1. The van der Waals surface area contributed by atoms with Crippen molar-refractivity contribution in [2.24, 2.45) is 0 Å². The summed E-state index contributed by atoms with van der Waals surface area (Å²) in [6.45, 7) is 0. The molecule has 1 aliphatic rings. The maximum atomic E-state index is 11.2. The molecule has 5 rings (SSSR count). The van der Waals surface area contributed by atoms with Gasteiger partial charge in [0.2, 0.25) is 0 Å². The van der Waals surface area contributed by atoms with Crippen molar-refractivity contribution in [3.63, 3.8) is 0 Å². The molecule has 32 heavy (non-hydrogen) atoms. The lowest BCUT2D eigenvalue weighted by Gasteiger charge is -2.19. The number of carbonyl (C=O) groups is 1. The summed E-state index contributed by atoms with van der Waals surface area (Å²) in [5, 5.41) is 11.9. The maximum absolute atomic E-state index is 11.2. The van der Waals surface area contributed by atoms with Crippen LogP contribution in [0.25, 0.3) is 21.9 Å². The summed E-state index contributed by atoms with van der Waals surface area (Å²) in [7, 11) is 0. The van der Waals surface area contributed by atoms with Gasteiger partial charge >= 0.3 is 5.97 Å². The number of rotatable bonds is 5. The first-order valence-electron chi connectivity index (χ1n) is 10.4. The van der Waals surface area contributed by atoms with Crippen LogP contribution in [0.5, 0.6) is 5.75 Å². The average Bonchev–Trinajstić information content (AvgIpc) is 3.18. The highest BCUT2D eigenvalue weighted by Gasteiger charge is 2.28. The second-order valence-electron chi connectivity index (χ2n) is 7.95. The molecular formula is C26H21ClN2O3. The molecule has 6 heteroatoms. The number of halogens is 1. The maximum Gasteiger partial charge on any atom is 0.307 e. The van der Waals surface area contributed by atoms with Crippen molar-refractivity contribution < 1.29 is 14.6 Å². The van der Waals surface area contributed by atoms with Gasteiger partial charge in [0, 0.05) is 22.2 Å². The van der Waals surface area contributed by atoms with Crippen LogP contribution in [0, 0.1) is 0 Å². The van der Waals surface area contributed by atoms with Gasteiger partial charge in [0.15, 0.2) is 0 Å². The van der Waals surface area contributed by atoms with E-state index in [1.165, 1.54) is 0 Å². The minimum atomic E-state index is -0.886. The molecule has 0 fully saturated rings. The minimum absolute atomic E-state index is 0.0813. The molecule has 5 nitrogen and oxygen atoms in total. The van der Waals surface area contributed by atoms with Crippen molar-refractivity contribution in [3.8, 4) is 16.9 Å². The molecule has 0 bridgehead atoms. The van der Waals surface area contributed by atoms with E-state index < -0.39 is 5.97 Å². The number of nitrogen functional groups attached to an aromatic ring is 1. The van der Waals surface area contributed by atoms with Crippen molar-refractivity contribution in [3.05, 3.63) is 88.6 Å². The zero-order valence-corrected chi connectivity index (χ0v) is 18.0. The lowest BCUT2D eigenvalue weighted by atomic mass is 9.96. The zero-order chi connectivity index (χ0) is 22.2. The smallest absolute Gasteiger partial charge is 0.307 e. The number of hydrogen-bond donors (Lipinski definition) is 2. The van der Waals surface area contributed by atoms with Crippen molar-refractivity contribution in [2.75, 3.05) is 5.73 Å². The zero-order valence-electron chi connectivity index (χ0n) is 17.2. The molecule has 1 unspecified atom stereocenters. The van der Waals surface area contributed by atoms with Gasteiger partial charge in [-0.15, -0.1) is 0 Å². The Labute approximate surface area is 190 Å². The molecule has 0 spiro atoms. The first-order chi connectivity index (χ1) is 15.5. The average molecular weight is 445 g/mol. The third-order valence-electron chi connectivity index (χ3n) is 5.96. The molecule has 1 heterocycles. The van der Waals surface area contributed by atoms with E-state index in [1.807, 2.05) is 48.5 Å². The van der Waals surface area contributed by atoms with E-state index >= 15 is 0 Å². The van der Waals surface area contributed by atoms with Crippen molar-refractivity contribution in [1.82, 2.24) is 4.98 Å². The first-order valence-corrected chi connectivity index (χ1v) is 10.8. The Morgan fingerprint density at radius 1 is 1.12 bits per heavy atom. The number of aliphatic carboxylic acids is 1. The number of aromatic nitrogens is 1. The summed E-state index contributed by atoms with van der Waals surface area (Å²) in [6.07, 6.45) is 3.03. The first kappa shape index (κ1) is 20.3. The number of carboxylic acids is 1. The second kappa shape index (κ2) is 8.17. The van der Waals surface area contributed by atoms with Gasteiger partial charge in [-0.3, -0.25) is 4.79 Å². The van der Waals surface area contributed by atoms with Gasteiger partial charge < -0.3 is 15.6 Å². The number of pyridine rings is 1. The molecular weight excluding hydrogens is 424 g/mol. The number of anilines is 1. The Bertz CT molecular complexity index is 1350. The van der Waals surface area contributed by atoms with Crippen LogP contribution in [-0.4, -0.2) is 16.1 Å². The fraction of sp³-hybridized carbons (Fsp3) is 0.154. The number of benzene rings is 3. The number of nitrogens with zero attached hydrogens (tertiary/aromatic N) is 1. The fourth-order valence-corrected chi connectivity index (χ4v) is 4.80. The molecule has 1 atom stereocenters. The fourth-order valence-electron chi connectivity index (χ4n) is 4.48. The van der Waals surface area contributed by atoms with Gasteiger partial charge in [0.05, 0.1) is 6.42 Å². The summed E-state index contributed by atoms with van der Waals surface area (Å²) in [4.78, 5) is 15.4. The van der Waals surface area contributed by atoms with Gasteiger partial charge in [0.1, 0.15) is 17.7 Å². The molecule has 3 aromatic carbocycles. The second-order valence-corrected chi connectivity index (χ2v) is 8.35. The van der Waals surface area contributed by atoms with Crippen molar-refractivity contribution in [1.29, 1.82) is 0 Å². The number of ether oxygens (including phenoxy) is 1. The highest BCUT2D eigenvalue weighted by molar-refractivity contribution is 6.32. The highest BCUT2D eigenvalue weighted by atomic mass is 35.5. The molecule has 3 N–H and O–H groups in total. The predicted octanol–water partition coefficient (Wildman–Crippen LogP) is 5.83. The summed E-state index contributed by atoms with van der Waals surface area (Å²) in [5.41, 5.74) is 10.9. The molecule has 0 amide bonds. The lowest BCUT2D eigenvalue weighted by molar-refractivity contribution is -0.136. The van der Waals surface area contributed by atoms with Gasteiger partial charge in [-0.2, -0.15) is 0 Å². The third kappa shape index (κ3) is 3.65. The van der Waals surface area contributed by atoms with Gasteiger partial charge in [-0.1, -0.05) is 48.0 Å². The van der Waals surface area contributed by atoms with Crippen LogP contribution in [0.1, 0.15) is 29.2 Å². The normalized spacial score (nSPS) is 15.0. The Kier molecular flexibility index (Phi) is 5.19. The molecule has 0 saturated carbocycles. The Morgan fingerprint density at radius 2 is 1.97 bits per heavy atom. The van der Waals surface area contributed by atoms with E-state index in [4.69, 9.17) is 22.1 Å². The summed E-state index contributed by atoms with van der Waals surface area (Å²) < 4.78 is 6.33. The van der Waals surface area contributed by atoms with Gasteiger partial charge in [0.25, 0.3) is 0 Å². The molecule has 1 aromatic heterocycles. The summed E-state index contributed by atoms with van der Waals surface area (Å²) in [6, 6.07) is 19.3. The Hall–Kier alpha value is -3.57. The number of nitrogens with two attached hydrogens (primary N) is 1. The summed E-state index contributed by atoms with van der Waals surface area (Å²) >= 11 is 6.71. The van der Waals surface area contributed by atoms with Gasteiger partial charge in [-0.25, -0.2) is 4.98 Å². The lowest BCUT2D eigenvalue weighted by Crippen LogP contribution is -2.08. The van der Waals surface area contributed by atoms with Crippen molar-refractivity contribution in [2.45, 2.75) is 25.4 Å². The highest BCUT2D eigenvalue weighted by Crippen LogP contribution is 2.43. The van der Waals surface area contributed by atoms with Gasteiger partial charge in [-0.05, 0) is 64.7 Å². The minimum Gasteiger partial charge on any atom is -0.485 e. The summed E-state index contributed by atoms with van der Waals surface area (Å²) in [5.74, 6) is 0.203. The van der Waals surface area contributed by atoms with E-state index in [9.17, 15) is 9.90 Å². The third-order valence-corrected chi connectivity index (χ3v) is 6.30. The molecule has 0 saturated heterocycles. The monoisotopic (exact) mass is 444 g/mol. The van der Waals surface area contributed by atoms with E-state index in [2.05, 4.69) is 11.1 Å². The van der Waals surface area contributed by atoms with Crippen LogP contribution in [0.2, 0.25) is 5.02 Å². The van der Waals surface area contributed by atoms with Crippen LogP contribution in [0.3, 0.4) is 0 Å². The van der Waals surface area contributed by atoms with E-state index in [0.29, 0.717) is 22.2 Å². The topological polar surface area (TPSA) is 85.4 Å². The van der Waals surface area contributed by atoms with Crippen LogP contribution in [-0.2, 0) is 17.6 Å². The molecule has 4 aromatic rings. The van der Waals surface area contributed by atoms with E-state index in [0.717, 1.165) is 45.9 Å². The molecule has 160 valence electrons. The van der Waals surface area contributed by atoms with Crippen LogP contribution in [0.4, 0.5) is 5.82 Å². The van der Waals surface area contributed by atoms with E-state index in [-0.39, 0.29) is 12.5 Å². The predicted molar refractivity (Wildman–Crippen MR) is 126 cm³/mol. The number of fused-ring (bicyclic) bond motifs is 2. The SMILES string of the molecule is Nc1nccc2c(-c3cc(Cl)c4c(c3)C(Oc3ccccc3CC(=O)O)CC4)cccc12. The number of carboxylic acid groups (broad SMARTS) is 1. The quantitative estimate of drug-likeness (QED) is 0.404. The number of hydrogen-bond acceptors (Lipinski definition) is 4. The largest absolute Gasteiger partial charge is 0.485 e. The molecule has 1 aliphatic carbocycles. The van der Waals surface area contributed by atoms with Crippen molar-refractivity contribution >= 4 is 34.2 Å². The van der Waals surface area contributed by atoms with Crippen LogP contribution < -0.4 is 10.5 Å².